The van der Waals surface area contributed by atoms with Gasteiger partial charge in [-0.15, -0.1) is 0 Å². The van der Waals surface area contributed by atoms with Gasteiger partial charge in [0.1, 0.15) is 11.5 Å². The van der Waals surface area contributed by atoms with E-state index >= 15 is 0 Å². The topological polar surface area (TPSA) is 52.6 Å². The number of aryl methyl sites for hydroxylation is 2. The normalized spacial score (nSPS) is 13.3. The number of carbonyl (C=O) groups excluding carboxylic acids is 2. The first-order chi connectivity index (χ1) is 35.2. The quantitative estimate of drug-likeness (QED) is 0.0855. The van der Waals surface area contributed by atoms with Crippen molar-refractivity contribution in [1.82, 2.24) is 0 Å². The number of hydrogen-bond acceptors (Lipinski definition) is 4. The highest BCUT2D eigenvalue weighted by Crippen LogP contribution is 2.49. The molecule has 0 saturated carbocycles. The maximum Gasteiger partial charge on any atom is 0.315 e. The molecule has 4 nitrogen and oxygen atoms in total. The monoisotopic (exact) mass is 991 g/mol. The van der Waals surface area contributed by atoms with Crippen LogP contribution in [-0.4, -0.2) is 11.9 Å². The predicted octanol–water partition coefficient (Wildman–Crippen LogP) is 17.6. The Balaban J connectivity index is 1.17. The second-order valence-corrected chi connectivity index (χ2v) is 22.8. The fraction of sp³-hybridized carbons (Fsp3) is 0.457. The molecule has 0 spiro atoms. The maximum absolute atomic E-state index is 14.7. The number of hydrogen-bond donors (Lipinski definition) is 0. The summed E-state index contributed by atoms with van der Waals surface area (Å²) in [6, 6.07) is 8.39. The number of carbonyl (C=O) groups is 2. The number of rotatable bonds is 13. The molecule has 0 fully saturated rings. The zero-order chi connectivity index (χ0) is 53.8. The Morgan fingerprint density at radius 1 is 0.338 bits per heavy atom. The molecular weight excluding hydrogens is 905 g/mol. The van der Waals surface area contributed by atoms with E-state index < -0.39 is 0 Å². The number of ether oxygens (including phenoxy) is 2. The Morgan fingerprint density at radius 2 is 0.595 bits per heavy atom. The summed E-state index contributed by atoms with van der Waals surface area (Å²) in [6.45, 7) is 40.5. The van der Waals surface area contributed by atoms with Crippen LogP contribution < -0.4 is 9.47 Å². The highest BCUT2D eigenvalue weighted by Gasteiger charge is 2.31. The Kier molecular flexibility index (Phi) is 16.1. The number of fused-ring (bicyclic) bond motifs is 2. The summed E-state index contributed by atoms with van der Waals surface area (Å²) >= 11 is 0. The molecule has 0 heterocycles. The molecule has 0 radical (unpaired) electrons. The van der Waals surface area contributed by atoms with Gasteiger partial charge in [0.05, 0.1) is 12.8 Å². The lowest BCUT2D eigenvalue weighted by Gasteiger charge is -2.28. The Labute approximate surface area is 446 Å². The van der Waals surface area contributed by atoms with Gasteiger partial charge in [-0.2, -0.15) is 0 Å². The predicted molar refractivity (Wildman–Crippen MR) is 311 cm³/mol. The lowest BCUT2D eigenvalue weighted by molar-refractivity contribution is -0.134. The lowest BCUT2D eigenvalue weighted by Crippen LogP contribution is -2.18. The summed E-state index contributed by atoms with van der Waals surface area (Å²) in [4.78, 5) is 29.4. The first kappa shape index (κ1) is 54.5. The number of esters is 2. The maximum atomic E-state index is 14.7. The molecular formula is C70H86O4. The summed E-state index contributed by atoms with van der Waals surface area (Å²) in [5.41, 5.74) is 37.6. The van der Waals surface area contributed by atoms with Crippen LogP contribution in [0.2, 0.25) is 0 Å². The third kappa shape index (κ3) is 9.51. The minimum absolute atomic E-state index is 0.162. The van der Waals surface area contributed by atoms with Crippen molar-refractivity contribution < 1.29 is 19.1 Å². The van der Waals surface area contributed by atoms with E-state index in [1.165, 1.54) is 122 Å². The fourth-order valence-electron chi connectivity index (χ4n) is 13.8. The third-order valence-corrected chi connectivity index (χ3v) is 19.0. The van der Waals surface area contributed by atoms with Gasteiger partial charge in [-0.3, -0.25) is 9.59 Å². The summed E-state index contributed by atoms with van der Waals surface area (Å²) in [5.74, 6) is 0.561. The molecule has 0 unspecified atom stereocenters. The molecule has 0 N–H and O–H groups in total. The van der Waals surface area contributed by atoms with Crippen molar-refractivity contribution in [3.05, 3.63) is 158 Å². The van der Waals surface area contributed by atoms with Crippen LogP contribution in [-0.2, 0) is 61.0 Å². The second kappa shape index (κ2) is 21.8. The average Bonchev–Trinajstić information content (AvgIpc) is 3.38. The average molecular weight is 991 g/mol. The molecule has 0 bridgehead atoms. The van der Waals surface area contributed by atoms with Gasteiger partial charge in [0.15, 0.2) is 0 Å². The molecule has 74 heavy (non-hydrogen) atoms. The zero-order valence-electron chi connectivity index (χ0n) is 48.8. The molecule has 0 saturated heterocycles. The molecule has 8 rings (SSSR count). The second-order valence-electron chi connectivity index (χ2n) is 22.8. The van der Waals surface area contributed by atoms with Crippen LogP contribution in [0.3, 0.4) is 0 Å². The largest absolute Gasteiger partial charge is 0.426 e. The highest BCUT2D eigenvalue weighted by atomic mass is 16.5. The van der Waals surface area contributed by atoms with Gasteiger partial charge in [-0.1, -0.05) is 38.8 Å². The van der Waals surface area contributed by atoms with E-state index in [1.54, 1.807) is 0 Å². The third-order valence-electron chi connectivity index (χ3n) is 19.0. The molecule has 6 aromatic carbocycles. The summed E-state index contributed by atoms with van der Waals surface area (Å²) < 4.78 is 13.4. The Bertz CT molecular complexity index is 2940. The van der Waals surface area contributed by atoms with Crippen LogP contribution in [0.15, 0.2) is 24.3 Å². The molecule has 0 atom stereocenters. The van der Waals surface area contributed by atoms with Crippen LogP contribution in [0.1, 0.15) is 186 Å². The smallest absolute Gasteiger partial charge is 0.315 e. The van der Waals surface area contributed by atoms with Crippen molar-refractivity contribution >= 4 is 11.9 Å². The van der Waals surface area contributed by atoms with Gasteiger partial charge >= 0.3 is 11.9 Å². The van der Waals surface area contributed by atoms with E-state index in [0.29, 0.717) is 11.5 Å². The van der Waals surface area contributed by atoms with Gasteiger partial charge < -0.3 is 9.47 Å². The van der Waals surface area contributed by atoms with Crippen molar-refractivity contribution in [3.8, 4) is 44.9 Å². The van der Waals surface area contributed by atoms with E-state index in [9.17, 15) is 9.59 Å². The van der Waals surface area contributed by atoms with Gasteiger partial charge in [-0.25, -0.2) is 0 Å². The van der Waals surface area contributed by atoms with Gasteiger partial charge in [-0.05, 0) is 343 Å². The van der Waals surface area contributed by atoms with Crippen molar-refractivity contribution in [1.29, 1.82) is 0 Å². The van der Waals surface area contributed by atoms with E-state index in [1.807, 2.05) is 12.1 Å². The summed E-state index contributed by atoms with van der Waals surface area (Å²) in [7, 11) is 0. The molecule has 390 valence electrons. The van der Waals surface area contributed by atoms with Crippen LogP contribution in [0.25, 0.3) is 33.4 Å². The van der Waals surface area contributed by atoms with E-state index in [-0.39, 0.29) is 24.8 Å². The van der Waals surface area contributed by atoms with Crippen molar-refractivity contribution in [3.63, 3.8) is 0 Å². The van der Waals surface area contributed by atoms with Crippen LogP contribution in [0, 0.1) is 111 Å². The SMILES string of the molecule is CCCc1c(C)c(C)c(-c2c(C)c(C)c(CC(=O)Oc3ccc4c(c3-c3c(OC(=O)Cc5c(C)c(C)c(-c6c(C)c(C)c(CCC)c(C)c6C)c(C)c5C)ccc5c3CCCC5)CCCC4)c(C)c2C)c(C)c1C. The highest BCUT2D eigenvalue weighted by molar-refractivity contribution is 5.90. The first-order valence-corrected chi connectivity index (χ1v) is 28.2. The summed E-state index contributed by atoms with van der Waals surface area (Å²) in [6.07, 6.45) is 12.8. The van der Waals surface area contributed by atoms with Crippen LogP contribution in [0.4, 0.5) is 0 Å². The molecule has 0 aliphatic heterocycles. The molecule has 0 amide bonds. The fourth-order valence-corrected chi connectivity index (χ4v) is 13.8. The number of benzene rings is 6. The van der Waals surface area contributed by atoms with Crippen LogP contribution >= 0.6 is 0 Å². The van der Waals surface area contributed by atoms with E-state index in [0.717, 1.165) is 122 Å². The van der Waals surface area contributed by atoms with Crippen molar-refractivity contribution in [2.75, 3.05) is 0 Å². The van der Waals surface area contributed by atoms with E-state index in [2.05, 4.69) is 137 Å². The molecule has 2 aliphatic carbocycles. The molecule has 2 aliphatic rings. The lowest BCUT2D eigenvalue weighted by atomic mass is 9.78. The van der Waals surface area contributed by atoms with Crippen LogP contribution in [0.5, 0.6) is 11.5 Å². The van der Waals surface area contributed by atoms with Gasteiger partial charge in [0, 0.05) is 11.1 Å². The van der Waals surface area contributed by atoms with Gasteiger partial charge in [0.2, 0.25) is 0 Å². The molecule has 6 aromatic rings. The zero-order valence-corrected chi connectivity index (χ0v) is 48.8. The minimum atomic E-state index is -0.279. The molecule has 4 heteroatoms. The summed E-state index contributed by atoms with van der Waals surface area (Å²) in [5, 5.41) is 0. The van der Waals surface area contributed by atoms with Crippen molar-refractivity contribution in [2.24, 2.45) is 0 Å². The molecule has 0 aromatic heterocycles. The Morgan fingerprint density at radius 3 is 0.865 bits per heavy atom. The minimum Gasteiger partial charge on any atom is -0.426 e. The van der Waals surface area contributed by atoms with E-state index in [4.69, 9.17) is 9.47 Å². The first-order valence-electron chi connectivity index (χ1n) is 28.2. The van der Waals surface area contributed by atoms with Gasteiger partial charge in [0.25, 0.3) is 0 Å². The van der Waals surface area contributed by atoms with Crippen molar-refractivity contribution in [2.45, 2.75) is 215 Å². The standard InChI is InChI=1S/C70H86O4/c1-19-25-55-37(3)45(11)65(46(12)38(55)4)67-49(15)41(7)59(42(8)50(67)16)35-63(71)73-61-33-31-53-27-21-23-29-57(53)69(61)70-58-30-24-22-28-54(58)32-34-62(70)74-64(72)36-60-43(9)51(17)68(52(18)44(60)10)66-47(13)39(5)56(26-20-2)40(6)48(66)14/h31-34H,19-30,35-36H2,1-18H3. The Hall–Kier alpha value is -5.74.